The van der Waals surface area contributed by atoms with Crippen LogP contribution in [0.1, 0.15) is 32.3 Å². The molecule has 1 amide bonds. The number of carbonyl (C=O) groups excluding carboxylic acids is 3. The molecule has 1 heterocycles. The number of nitrogens with zero attached hydrogens (tertiary/aromatic N) is 2. The van der Waals surface area contributed by atoms with E-state index < -0.39 is 23.8 Å². The Balaban J connectivity index is 2.05. The molecule has 0 bridgehead atoms. The van der Waals surface area contributed by atoms with E-state index in [0.717, 1.165) is 34.4 Å². The summed E-state index contributed by atoms with van der Waals surface area (Å²) in [6, 6.07) is 6.62. The number of hydrogen-bond acceptors (Lipinski definition) is 5. The number of hydrogen-bond donors (Lipinski definition) is 3. The van der Waals surface area contributed by atoms with Gasteiger partial charge in [-0.15, -0.1) is 0 Å². The van der Waals surface area contributed by atoms with Crippen LogP contribution in [0.5, 0.6) is 0 Å². The quantitative estimate of drug-likeness (QED) is 0.309. The number of para-hydroxylation sites is 1. The van der Waals surface area contributed by atoms with Crippen molar-refractivity contribution in [2.45, 2.75) is 50.5 Å². The van der Waals surface area contributed by atoms with Crippen LogP contribution in [0, 0.1) is 0 Å². The molecule has 0 aliphatic carbocycles. The van der Waals surface area contributed by atoms with Gasteiger partial charge in [-0.25, -0.2) is 0 Å². The second-order valence-corrected chi connectivity index (χ2v) is 8.46. The maximum Gasteiger partial charge on any atom is 0.323 e. The van der Waals surface area contributed by atoms with Gasteiger partial charge in [0.15, 0.2) is 0 Å². The minimum absolute atomic E-state index is 0.00718. The zero-order valence-electron chi connectivity index (χ0n) is 16.3. The fourth-order valence-corrected chi connectivity index (χ4v) is 3.65. The van der Waals surface area contributed by atoms with Gasteiger partial charge in [0.25, 0.3) is 0 Å². The summed E-state index contributed by atoms with van der Waals surface area (Å²) in [4.78, 5) is 42.2. The van der Waals surface area contributed by atoms with E-state index in [-0.39, 0.29) is 29.6 Å². The molecule has 0 saturated carbocycles. The van der Waals surface area contributed by atoms with Gasteiger partial charge in [-0.1, -0.05) is 43.8 Å². The van der Waals surface area contributed by atoms with Crippen LogP contribution in [-0.4, -0.2) is 55.3 Å². The summed E-state index contributed by atoms with van der Waals surface area (Å²) >= 11 is 1.05. The fourth-order valence-electron chi connectivity index (χ4n) is 2.85. The van der Waals surface area contributed by atoms with E-state index >= 15 is 0 Å². The normalized spacial score (nSPS) is 13.0. The molecule has 0 radical (unpaired) electrons. The third kappa shape index (κ3) is 6.67. The van der Waals surface area contributed by atoms with E-state index in [9.17, 15) is 19.5 Å². The molecular formula is C20H24N4O4S. The predicted octanol–water partition coefficient (Wildman–Crippen LogP) is 1.87. The van der Waals surface area contributed by atoms with Gasteiger partial charge in [0, 0.05) is 35.2 Å². The number of Topliss-reactive ketones (excluding diaryl/α,β-unsaturated/α-hetero) is 1. The molecule has 9 heteroatoms. The summed E-state index contributed by atoms with van der Waals surface area (Å²) in [6.45, 7) is 3.69. The van der Waals surface area contributed by atoms with Crippen LogP contribution in [-0.2, 0) is 20.8 Å². The van der Waals surface area contributed by atoms with Gasteiger partial charge in [-0.05, 0) is 18.1 Å². The summed E-state index contributed by atoms with van der Waals surface area (Å²) in [5.74, 6) is -1.14. The largest absolute Gasteiger partial charge is 0.383 e. The van der Waals surface area contributed by atoms with Crippen LogP contribution in [0.15, 0.2) is 30.5 Å². The van der Waals surface area contributed by atoms with Crippen molar-refractivity contribution >= 4 is 45.7 Å². The van der Waals surface area contributed by atoms with Gasteiger partial charge in [-0.2, -0.15) is 4.79 Å². The Morgan fingerprint density at radius 1 is 1.31 bits per heavy atom. The van der Waals surface area contributed by atoms with Crippen molar-refractivity contribution in [1.29, 1.82) is 0 Å². The van der Waals surface area contributed by atoms with Crippen molar-refractivity contribution < 1.29 is 24.3 Å². The number of benzene rings is 1. The Labute approximate surface area is 172 Å². The fraction of sp³-hybridized carbons (Fsp3) is 0.400. The second-order valence-electron chi connectivity index (χ2n) is 6.88. The lowest BCUT2D eigenvalue weighted by Gasteiger charge is -2.19. The molecule has 0 spiro atoms. The van der Waals surface area contributed by atoms with Gasteiger partial charge in [0.2, 0.25) is 16.8 Å². The molecule has 154 valence electrons. The third-order valence-corrected chi connectivity index (χ3v) is 5.21. The summed E-state index contributed by atoms with van der Waals surface area (Å²) in [5.41, 5.74) is 10.1. The van der Waals surface area contributed by atoms with Gasteiger partial charge in [0.05, 0.1) is 6.04 Å². The zero-order valence-corrected chi connectivity index (χ0v) is 17.1. The molecule has 8 nitrogen and oxygen atoms in total. The van der Waals surface area contributed by atoms with Gasteiger partial charge < -0.3 is 20.9 Å². The number of carbonyl (C=O) groups is 3. The molecule has 29 heavy (non-hydrogen) atoms. The number of fused-ring (bicyclic) bond motifs is 1. The summed E-state index contributed by atoms with van der Waals surface area (Å²) in [5, 5.41) is 13.5. The monoisotopic (exact) mass is 416 g/mol. The van der Waals surface area contributed by atoms with Crippen LogP contribution < -0.4 is 5.32 Å². The van der Waals surface area contributed by atoms with Crippen molar-refractivity contribution in [2.24, 2.45) is 0 Å². The molecule has 1 aromatic carbocycles. The molecular weight excluding hydrogens is 392 g/mol. The predicted molar refractivity (Wildman–Crippen MR) is 112 cm³/mol. The van der Waals surface area contributed by atoms with Crippen LogP contribution in [0.3, 0.4) is 0 Å². The van der Waals surface area contributed by atoms with Crippen molar-refractivity contribution in [3.8, 4) is 0 Å². The number of aliphatic hydroxyl groups is 1. The SMILES string of the molecule is CC(C)SC(=O)[C@H](CCC(=O)C=[N+]=[N-])NC(=O)[C@@H](O)Cc1c[nH]c2ccccc12. The summed E-state index contributed by atoms with van der Waals surface area (Å²) < 4.78 is 0. The number of amides is 1. The molecule has 3 N–H and O–H groups in total. The van der Waals surface area contributed by atoms with Crippen LogP contribution in [0.25, 0.3) is 16.4 Å². The Kier molecular flexibility index (Phi) is 8.33. The maximum atomic E-state index is 12.5. The van der Waals surface area contributed by atoms with Crippen molar-refractivity contribution in [3.63, 3.8) is 0 Å². The van der Waals surface area contributed by atoms with Crippen LogP contribution in [0.2, 0.25) is 0 Å². The number of H-pyrrole nitrogens is 1. The highest BCUT2D eigenvalue weighted by molar-refractivity contribution is 8.14. The number of aromatic amines is 1. The van der Waals surface area contributed by atoms with E-state index in [1.54, 1.807) is 6.20 Å². The Bertz CT molecular complexity index is 933. The van der Waals surface area contributed by atoms with Crippen molar-refractivity contribution in [1.82, 2.24) is 10.3 Å². The number of nitrogens with one attached hydrogen (secondary N) is 2. The van der Waals surface area contributed by atoms with E-state index in [4.69, 9.17) is 5.53 Å². The minimum atomic E-state index is -1.34. The van der Waals surface area contributed by atoms with E-state index in [1.807, 2.05) is 38.1 Å². The Morgan fingerprint density at radius 2 is 2.03 bits per heavy atom. The summed E-state index contributed by atoms with van der Waals surface area (Å²) in [6.07, 6.45) is 1.22. The lowest BCUT2D eigenvalue weighted by molar-refractivity contribution is -0.132. The Morgan fingerprint density at radius 3 is 2.72 bits per heavy atom. The van der Waals surface area contributed by atoms with Crippen molar-refractivity contribution in [3.05, 3.63) is 41.6 Å². The zero-order chi connectivity index (χ0) is 21.4. The molecule has 2 aromatic rings. The highest BCUT2D eigenvalue weighted by Crippen LogP contribution is 2.20. The molecule has 0 fully saturated rings. The highest BCUT2D eigenvalue weighted by atomic mass is 32.2. The first-order valence-corrected chi connectivity index (χ1v) is 10.1. The summed E-state index contributed by atoms with van der Waals surface area (Å²) in [7, 11) is 0. The lowest BCUT2D eigenvalue weighted by Crippen LogP contribution is -2.45. The van der Waals surface area contributed by atoms with Crippen LogP contribution >= 0.6 is 11.8 Å². The molecule has 0 saturated heterocycles. The number of ketones is 1. The van der Waals surface area contributed by atoms with E-state index in [1.165, 1.54) is 0 Å². The average molecular weight is 417 g/mol. The first-order valence-electron chi connectivity index (χ1n) is 9.26. The topological polar surface area (TPSA) is 136 Å². The smallest absolute Gasteiger partial charge is 0.323 e. The lowest BCUT2D eigenvalue weighted by atomic mass is 10.1. The van der Waals surface area contributed by atoms with Gasteiger partial charge in [0.1, 0.15) is 6.10 Å². The molecule has 1 aromatic heterocycles. The molecule has 0 unspecified atom stereocenters. The van der Waals surface area contributed by atoms with Crippen LogP contribution in [0.4, 0.5) is 0 Å². The first-order chi connectivity index (χ1) is 13.8. The Hall–Kier alpha value is -2.74. The van der Waals surface area contributed by atoms with Gasteiger partial charge in [-0.3, -0.25) is 14.4 Å². The molecule has 0 aliphatic heterocycles. The number of thioether (sulfide) groups is 1. The standard InChI is InChI=1S/C20H24N4O4S/c1-12(2)29-20(28)17(8-7-14(25)11-23-21)24-19(27)18(26)9-13-10-22-16-6-4-3-5-15(13)16/h3-6,10-12,17-18,22,26H,7-9H2,1-2H3,(H,24,27)/t17-,18-/m0/s1. The third-order valence-electron chi connectivity index (χ3n) is 4.22. The van der Waals surface area contributed by atoms with E-state index in [0.29, 0.717) is 0 Å². The highest BCUT2D eigenvalue weighted by Gasteiger charge is 2.26. The first kappa shape index (κ1) is 22.5. The van der Waals surface area contributed by atoms with Crippen molar-refractivity contribution in [2.75, 3.05) is 0 Å². The number of rotatable bonds is 10. The second kappa shape index (κ2) is 10.7. The average Bonchev–Trinajstić information content (AvgIpc) is 3.07. The maximum absolute atomic E-state index is 12.5. The molecule has 2 rings (SSSR count). The number of aromatic nitrogens is 1. The number of aliphatic hydroxyl groups excluding tert-OH is 1. The minimum Gasteiger partial charge on any atom is -0.383 e. The molecule has 0 aliphatic rings. The van der Waals surface area contributed by atoms with E-state index in [2.05, 4.69) is 15.1 Å². The van der Waals surface area contributed by atoms with Gasteiger partial charge >= 0.3 is 6.21 Å². The molecule has 2 atom stereocenters.